The third-order valence-electron chi connectivity index (χ3n) is 6.01. The van der Waals surface area contributed by atoms with Crippen LogP contribution < -0.4 is 5.32 Å². The number of amides is 1. The molecule has 0 saturated carbocycles. The standard InChI is InChI=1S/C23H22F2N6O2/c1-14-3-2-10-30(20(14)13-26-23-29-18-12-16(25)5-7-21(18)33-23)22(32)17-11-15(24)4-6-19(17)31-27-8-9-28-31/h4-9,11-12,14,20H,2-3,10,13H2,1H3,(H,26,29). The van der Waals surface area contributed by atoms with Crippen LogP contribution in [0.3, 0.4) is 0 Å². The second kappa shape index (κ2) is 8.61. The summed E-state index contributed by atoms with van der Waals surface area (Å²) in [5, 5.41) is 11.3. The van der Waals surface area contributed by atoms with E-state index < -0.39 is 11.6 Å². The third-order valence-corrected chi connectivity index (χ3v) is 6.01. The van der Waals surface area contributed by atoms with Gasteiger partial charge in [-0.05, 0) is 49.1 Å². The number of fused-ring (bicyclic) bond motifs is 1. The van der Waals surface area contributed by atoms with Crippen molar-refractivity contribution in [2.24, 2.45) is 5.92 Å². The van der Waals surface area contributed by atoms with Crippen LogP contribution in [0.4, 0.5) is 14.8 Å². The minimum Gasteiger partial charge on any atom is -0.424 e. The molecule has 5 rings (SSSR count). The maximum absolute atomic E-state index is 14.1. The molecule has 8 nitrogen and oxygen atoms in total. The first kappa shape index (κ1) is 21.0. The lowest BCUT2D eigenvalue weighted by Crippen LogP contribution is -2.51. The molecule has 2 aromatic heterocycles. The molecule has 0 aliphatic carbocycles. The fourth-order valence-corrected chi connectivity index (χ4v) is 4.33. The number of halogens is 2. The average Bonchev–Trinajstić information content (AvgIpc) is 3.47. The molecule has 1 fully saturated rings. The number of hydrogen-bond acceptors (Lipinski definition) is 6. The summed E-state index contributed by atoms with van der Waals surface area (Å²) in [6.45, 7) is 3.00. The second-order valence-electron chi connectivity index (χ2n) is 8.18. The predicted octanol–water partition coefficient (Wildman–Crippen LogP) is 4.04. The number of anilines is 1. The van der Waals surface area contributed by atoms with Crippen molar-refractivity contribution in [2.75, 3.05) is 18.4 Å². The van der Waals surface area contributed by atoms with Crippen molar-refractivity contribution in [3.63, 3.8) is 0 Å². The lowest BCUT2D eigenvalue weighted by atomic mass is 9.90. The van der Waals surface area contributed by atoms with Gasteiger partial charge in [0.1, 0.15) is 17.2 Å². The minimum absolute atomic E-state index is 0.181. The Morgan fingerprint density at radius 3 is 2.73 bits per heavy atom. The largest absolute Gasteiger partial charge is 0.424 e. The summed E-state index contributed by atoms with van der Waals surface area (Å²) in [6, 6.07) is 8.22. The van der Waals surface area contributed by atoms with E-state index in [1.54, 1.807) is 4.90 Å². The van der Waals surface area contributed by atoms with Crippen LogP contribution in [0.1, 0.15) is 30.1 Å². The number of rotatable bonds is 5. The fraction of sp³-hybridized carbons (Fsp3) is 0.304. The van der Waals surface area contributed by atoms with E-state index in [9.17, 15) is 13.6 Å². The maximum Gasteiger partial charge on any atom is 0.295 e. The molecule has 1 aliphatic heterocycles. The molecule has 2 unspecified atom stereocenters. The number of oxazole rings is 1. The Morgan fingerprint density at radius 1 is 1.15 bits per heavy atom. The quantitative estimate of drug-likeness (QED) is 0.492. The monoisotopic (exact) mass is 452 g/mol. The van der Waals surface area contributed by atoms with Gasteiger partial charge >= 0.3 is 0 Å². The van der Waals surface area contributed by atoms with E-state index in [2.05, 4.69) is 27.4 Å². The van der Waals surface area contributed by atoms with Gasteiger partial charge in [0, 0.05) is 19.2 Å². The van der Waals surface area contributed by atoms with E-state index in [4.69, 9.17) is 4.42 Å². The lowest BCUT2D eigenvalue weighted by Gasteiger charge is -2.40. The van der Waals surface area contributed by atoms with E-state index in [1.807, 2.05) is 0 Å². The Bertz CT molecular complexity index is 1290. The van der Waals surface area contributed by atoms with Crippen LogP contribution in [-0.2, 0) is 0 Å². The maximum atomic E-state index is 14.1. The molecule has 2 aromatic carbocycles. The molecule has 4 aromatic rings. The molecule has 33 heavy (non-hydrogen) atoms. The molecule has 2 atom stereocenters. The Balaban J connectivity index is 1.40. The number of likely N-dealkylation sites (tertiary alicyclic amines) is 1. The van der Waals surface area contributed by atoms with Crippen LogP contribution >= 0.6 is 0 Å². The Labute approximate surface area is 188 Å². The summed E-state index contributed by atoms with van der Waals surface area (Å²) in [4.78, 5) is 20.9. The van der Waals surface area contributed by atoms with Gasteiger partial charge in [0.25, 0.3) is 11.9 Å². The van der Waals surface area contributed by atoms with Gasteiger partial charge in [0.2, 0.25) is 0 Å². The van der Waals surface area contributed by atoms with Crippen molar-refractivity contribution in [1.82, 2.24) is 24.9 Å². The van der Waals surface area contributed by atoms with E-state index in [-0.39, 0.29) is 29.4 Å². The van der Waals surface area contributed by atoms with Gasteiger partial charge < -0.3 is 14.6 Å². The SMILES string of the molecule is CC1CCCN(C(=O)c2cc(F)ccc2-n2nccn2)C1CNc1nc2cc(F)ccc2o1. The number of benzene rings is 2. The van der Waals surface area contributed by atoms with Crippen molar-refractivity contribution in [3.05, 3.63) is 66.0 Å². The van der Waals surface area contributed by atoms with Crippen molar-refractivity contribution >= 4 is 23.0 Å². The average molecular weight is 452 g/mol. The van der Waals surface area contributed by atoms with Crippen LogP contribution in [0.15, 0.2) is 53.2 Å². The Morgan fingerprint density at radius 2 is 1.91 bits per heavy atom. The van der Waals surface area contributed by atoms with Gasteiger partial charge in [0.05, 0.1) is 29.7 Å². The molecule has 0 radical (unpaired) electrons. The van der Waals surface area contributed by atoms with Gasteiger partial charge in [-0.2, -0.15) is 20.0 Å². The van der Waals surface area contributed by atoms with Crippen LogP contribution in [0, 0.1) is 17.6 Å². The van der Waals surface area contributed by atoms with Crippen molar-refractivity contribution in [2.45, 2.75) is 25.8 Å². The molecular formula is C23H22F2N6O2. The van der Waals surface area contributed by atoms with Gasteiger partial charge in [0.15, 0.2) is 5.58 Å². The summed E-state index contributed by atoms with van der Waals surface area (Å²) in [6.07, 6.45) is 4.79. The minimum atomic E-state index is -0.507. The fourth-order valence-electron chi connectivity index (χ4n) is 4.33. The zero-order valence-electron chi connectivity index (χ0n) is 17.9. The van der Waals surface area contributed by atoms with Crippen LogP contribution in [0.25, 0.3) is 16.8 Å². The normalized spacial score (nSPS) is 18.6. The number of hydrogen-bond donors (Lipinski definition) is 1. The zero-order chi connectivity index (χ0) is 22.9. The van der Waals surface area contributed by atoms with Crippen LogP contribution in [-0.4, -0.2) is 49.9 Å². The number of nitrogens with one attached hydrogen (secondary N) is 1. The smallest absolute Gasteiger partial charge is 0.295 e. The Kier molecular flexibility index (Phi) is 5.49. The number of piperidine rings is 1. The summed E-state index contributed by atoms with van der Waals surface area (Å²) >= 11 is 0. The third kappa shape index (κ3) is 4.15. The summed E-state index contributed by atoms with van der Waals surface area (Å²) in [7, 11) is 0. The number of nitrogens with zero attached hydrogens (tertiary/aromatic N) is 5. The lowest BCUT2D eigenvalue weighted by molar-refractivity contribution is 0.0538. The topological polar surface area (TPSA) is 89.1 Å². The predicted molar refractivity (Wildman–Crippen MR) is 117 cm³/mol. The van der Waals surface area contributed by atoms with Gasteiger partial charge in [-0.3, -0.25) is 4.79 Å². The van der Waals surface area contributed by atoms with E-state index >= 15 is 0 Å². The highest BCUT2D eigenvalue weighted by Crippen LogP contribution is 2.28. The molecular weight excluding hydrogens is 430 g/mol. The van der Waals surface area contributed by atoms with Crippen molar-refractivity contribution in [3.8, 4) is 5.69 Å². The molecule has 0 spiro atoms. The Hall–Kier alpha value is -3.82. The van der Waals surface area contributed by atoms with Gasteiger partial charge in [-0.1, -0.05) is 6.92 Å². The highest BCUT2D eigenvalue weighted by Gasteiger charge is 2.34. The summed E-state index contributed by atoms with van der Waals surface area (Å²) in [5.41, 5.74) is 1.50. The van der Waals surface area contributed by atoms with E-state index in [0.29, 0.717) is 29.9 Å². The van der Waals surface area contributed by atoms with Crippen molar-refractivity contribution in [1.29, 1.82) is 0 Å². The van der Waals surface area contributed by atoms with Gasteiger partial charge in [-0.25, -0.2) is 8.78 Å². The van der Waals surface area contributed by atoms with Gasteiger partial charge in [-0.15, -0.1) is 0 Å². The number of carbonyl (C=O) groups is 1. The zero-order valence-corrected chi connectivity index (χ0v) is 17.9. The molecule has 3 heterocycles. The van der Waals surface area contributed by atoms with Crippen LogP contribution in [0.5, 0.6) is 0 Å². The second-order valence-corrected chi connectivity index (χ2v) is 8.18. The number of aromatic nitrogens is 4. The van der Waals surface area contributed by atoms with E-state index in [1.165, 1.54) is 53.6 Å². The molecule has 1 aliphatic rings. The molecule has 1 saturated heterocycles. The first-order chi connectivity index (χ1) is 16.0. The molecule has 0 bridgehead atoms. The number of carbonyl (C=O) groups excluding carboxylic acids is 1. The van der Waals surface area contributed by atoms with Crippen molar-refractivity contribution < 1.29 is 18.0 Å². The summed E-state index contributed by atoms with van der Waals surface area (Å²) in [5.74, 6) is -0.998. The highest BCUT2D eigenvalue weighted by molar-refractivity contribution is 5.98. The molecule has 170 valence electrons. The first-order valence-corrected chi connectivity index (χ1v) is 10.8. The molecule has 1 N–H and O–H groups in total. The summed E-state index contributed by atoms with van der Waals surface area (Å²) < 4.78 is 33.2. The molecule has 10 heteroatoms. The van der Waals surface area contributed by atoms with Crippen LogP contribution in [0.2, 0.25) is 0 Å². The molecule has 1 amide bonds. The highest BCUT2D eigenvalue weighted by atomic mass is 19.1. The first-order valence-electron chi connectivity index (χ1n) is 10.8. The van der Waals surface area contributed by atoms with E-state index in [0.717, 1.165) is 12.8 Å².